The second-order valence-corrected chi connectivity index (χ2v) is 5.70. The molecule has 2 aromatic carbocycles. The summed E-state index contributed by atoms with van der Waals surface area (Å²) in [5.41, 5.74) is 3.53. The third-order valence-electron chi connectivity index (χ3n) is 3.16. The highest BCUT2D eigenvalue weighted by Crippen LogP contribution is 2.34. The molecule has 102 valence electrons. The van der Waals surface area contributed by atoms with Gasteiger partial charge in [0.05, 0.1) is 5.69 Å². The molecule has 0 fully saturated rings. The Labute approximate surface area is 132 Å². The molecule has 3 rings (SSSR count). The maximum absolute atomic E-state index is 5.78. The summed E-state index contributed by atoms with van der Waals surface area (Å²) >= 11 is 2.28. The minimum atomic E-state index is 0.0144. The van der Waals surface area contributed by atoms with Crippen molar-refractivity contribution in [2.24, 2.45) is 4.99 Å². The fourth-order valence-electron chi connectivity index (χ4n) is 2.12. The fraction of sp³-hybridized carbons (Fsp3) is 0.188. The number of alkyl halides is 1. The van der Waals surface area contributed by atoms with Gasteiger partial charge in [0.15, 0.2) is 4.11 Å². The third-order valence-corrected chi connectivity index (χ3v) is 4.09. The number of para-hydroxylation sites is 1. The van der Waals surface area contributed by atoms with Crippen LogP contribution in [0.2, 0.25) is 0 Å². The molecular weight excluding hydrogens is 363 g/mol. The van der Waals surface area contributed by atoms with Crippen LogP contribution in [-0.4, -0.2) is 12.6 Å². The van der Waals surface area contributed by atoms with E-state index in [0.29, 0.717) is 6.02 Å². The Morgan fingerprint density at radius 3 is 2.65 bits per heavy atom. The molecule has 1 unspecified atom stereocenters. The van der Waals surface area contributed by atoms with Crippen LogP contribution in [0.15, 0.2) is 59.6 Å². The summed E-state index contributed by atoms with van der Waals surface area (Å²) in [6.45, 7) is 0.720. The van der Waals surface area contributed by atoms with E-state index in [1.807, 2.05) is 18.2 Å². The lowest BCUT2D eigenvalue weighted by molar-refractivity contribution is 0.289. The zero-order chi connectivity index (χ0) is 13.8. The minimum absolute atomic E-state index is 0.0144. The molecule has 1 aliphatic rings. The van der Waals surface area contributed by atoms with Gasteiger partial charge in [-0.15, -0.1) is 0 Å². The summed E-state index contributed by atoms with van der Waals surface area (Å²) in [4.78, 5) is 4.51. The van der Waals surface area contributed by atoms with Crippen molar-refractivity contribution in [1.29, 1.82) is 0 Å². The lowest BCUT2D eigenvalue weighted by atomic mass is 10.1. The van der Waals surface area contributed by atoms with Crippen LogP contribution in [-0.2, 0) is 11.2 Å². The van der Waals surface area contributed by atoms with Crippen molar-refractivity contribution in [3.63, 3.8) is 0 Å². The zero-order valence-corrected chi connectivity index (χ0v) is 13.1. The summed E-state index contributed by atoms with van der Waals surface area (Å²) in [6.07, 6.45) is 0.920. The Bertz CT molecular complexity index is 613. The predicted octanol–water partition coefficient (Wildman–Crippen LogP) is 4.16. The number of fused-ring (bicyclic) bond motifs is 1. The fourth-order valence-corrected chi connectivity index (χ4v) is 2.91. The van der Waals surface area contributed by atoms with Gasteiger partial charge in [-0.1, -0.05) is 48.5 Å². The third kappa shape index (κ3) is 3.12. The molecule has 0 radical (unpaired) electrons. The lowest BCUT2D eigenvalue weighted by Gasteiger charge is -2.24. The number of halogens is 1. The molecule has 0 amide bonds. The summed E-state index contributed by atoms with van der Waals surface area (Å²) in [5, 5.41) is 3.24. The van der Waals surface area contributed by atoms with Gasteiger partial charge in [-0.2, -0.15) is 0 Å². The summed E-state index contributed by atoms with van der Waals surface area (Å²) in [5.74, 6) is 0. The molecular formula is C16H15IN2O. The van der Waals surface area contributed by atoms with Gasteiger partial charge in [-0.25, -0.2) is 4.99 Å². The van der Waals surface area contributed by atoms with E-state index < -0.39 is 0 Å². The van der Waals surface area contributed by atoms with Gasteiger partial charge in [0.2, 0.25) is 0 Å². The van der Waals surface area contributed by atoms with E-state index in [2.05, 4.69) is 69.3 Å². The number of aliphatic imine (C=N–C) groups is 1. The van der Waals surface area contributed by atoms with E-state index in [1.165, 1.54) is 5.56 Å². The van der Waals surface area contributed by atoms with E-state index >= 15 is 0 Å². The molecule has 1 aliphatic heterocycles. The summed E-state index contributed by atoms with van der Waals surface area (Å²) < 4.78 is 5.79. The first kappa shape index (κ1) is 13.4. The predicted molar refractivity (Wildman–Crippen MR) is 90.4 cm³/mol. The van der Waals surface area contributed by atoms with Crippen molar-refractivity contribution >= 4 is 34.3 Å². The highest BCUT2D eigenvalue weighted by Gasteiger charge is 2.21. The van der Waals surface area contributed by atoms with Crippen molar-refractivity contribution in [2.45, 2.75) is 10.5 Å². The van der Waals surface area contributed by atoms with Gasteiger partial charge in [0.25, 0.3) is 6.02 Å². The van der Waals surface area contributed by atoms with Crippen molar-refractivity contribution in [2.75, 3.05) is 11.9 Å². The number of benzene rings is 2. The van der Waals surface area contributed by atoms with Gasteiger partial charge >= 0.3 is 0 Å². The van der Waals surface area contributed by atoms with Crippen LogP contribution in [0, 0.1) is 0 Å². The molecule has 20 heavy (non-hydrogen) atoms. The molecule has 2 aromatic rings. The van der Waals surface area contributed by atoms with E-state index in [-0.39, 0.29) is 4.11 Å². The van der Waals surface area contributed by atoms with E-state index in [0.717, 1.165) is 24.2 Å². The average Bonchev–Trinajstić information content (AvgIpc) is 2.48. The van der Waals surface area contributed by atoms with Gasteiger partial charge in [0, 0.05) is 12.1 Å². The van der Waals surface area contributed by atoms with E-state index in [9.17, 15) is 0 Å². The Balaban J connectivity index is 1.66. The van der Waals surface area contributed by atoms with Crippen molar-refractivity contribution in [1.82, 2.24) is 0 Å². The van der Waals surface area contributed by atoms with Gasteiger partial charge < -0.3 is 10.1 Å². The zero-order valence-electron chi connectivity index (χ0n) is 10.9. The summed E-state index contributed by atoms with van der Waals surface area (Å²) in [6, 6.07) is 19.1. The minimum Gasteiger partial charge on any atom is -0.446 e. The average molecular weight is 378 g/mol. The summed E-state index contributed by atoms with van der Waals surface area (Å²) in [7, 11) is 0. The van der Waals surface area contributed by atoms with Crippen molar-refractivity contribution in [3.05, 3.63) is 65.7 Å². The SMILES string of the molecule is IC1OC(=NCCc2ccccc2)Nc2ccccc21. The van der Waals surface area contributed by atoms with Crippen LogP contribution >= 0.6 is 22.6 Å². The van der Waals surface area contributed by atoms with Crippen molar-refractivity contribution in [3.8, 4) is 0 Å². The van der Waals surface area contributed by atoms with Crippen LogP contribution in [0.1, 0.15) is 15.2 Å². The Morgan fingerprint density at radius 1 is 1.05 bits per heavy atom. The Kier molecular flexibility index (Phi) is 4.20. The van der Waals surface area contributed by atoms with Crippen LogP contribution in [0.4, 0.5) is 5.69 Å². The molecule has 4 heteroatoms. The highest BCUT2D eigenvalue weighted by molar-refractivity contribution is 14.1. The standard InChI is InChI=1S/C16H15IN2O/c17-15-13-8-4-5-9-14(13)19-16(20-15)18-11-10-12-6-2-1-3-7-12/h1-9,15H,10-11H2,(H,18,19). The van der Waals surface area contributed by atoms with Crippen molar-refractivity contribution < 1.29 is 4.74 Å². The number of hydrogen-bond donors (Lipinski definition) is 1. The van der Waals surface area contributed by atoms with Gasteiger partial charge in [0.1, 0.15) is 0 Å². The molecule has 0 aromatic heterocycles. The molecule has 0 saturated heterocycles. The maximum atomic E-state index is 5.78. The second kappa shape index (κ2) is 6.26. The molecule has 0 spiro atoms. The van der Waals surface area contributed by atoms with E-state index in [4.69, 9.17) is 4.74 Å². The second-order valence-electron chi connectivity index (χ2n) is 4.57. The van der Waals surface area contributed by atoms with Crippen LogP contribution < -0.4 is 5.32 Å². The smallest absolute Gasteiger partial charge is 0.290 e. The highest BCUT2D eigenvalue weighted by atomic mass is 127. The number of anilines is 1. The molecule has 0 bridgehead atoms. The van der Waals surface area contributed by atoms with Gasteiger partial charge in [-0.3, -0.25) is 0 Å². The number of ether oxygens (including phenoxy) is 1. The molecule has 1 atom stereocenters. The topological polar surface area (TPSA) is 33.6 Å². The lowest BCUT2D eigenvalue weighted by Crippen LogP contribution is -2.24. The number of hydrogen-bond acceptors (Lipinski definition) is 2. The Morgan fingerprint density at radius 2 is 1.80 bits per heavy atom. The van der Waals surface area contributed by atoms with E-state index in [1.54, 1.807) is 0 Å². The van der Waals surface area contributed by atoms with Gasteiger partial charge in [-0.05, 0) is 40.6 Å². The quantitative estimate of drug-likeness (QED) is 0.643. The van der Waals surface area contributed by atoms with Crippen LogP contribution in [0.3, 0.4) is 0 Å². The number of nitrogens with one attached hydrogen (secondary N) is 1. The normalized spacial score (nSPS) is 19.1. The van der Waals surface area contributed by atoms with Crippen LogP contribution in [0.5, 0.6) is 0 Å². The first-order chi connectivity index (χ1) is 9.83. The number of rotatable bonds is 3. The Hall–Kier alpha value is -1.56. The first-order valence-corrected chi connectivity index (χ1v) is 7.82. The number of amidine groups is 1. The molecule has 0 aliphatic carbocycles. The van der Waals surface area contributed by atoms with Crippen LogP contribution in [0.25, 0.3) is 0 Å². The molecule has 1 heterocycles. The maximum Gasteiger partial charge on any atom is 0.290 e. The molecule has 1 N–H and O–H groups in total. The first-order valence-electron chi connectivity index (χ1n) is 6.58. The largest absolute Gasteiger partial charge is 0.446 e. The number of nitrogens with zero attached hydrogens (tertiary/aromatic N) is 1. The monoisotopic (exact) mass is 378 g/mol. The molecule has 3 nitrogen and oxygen atoms in total. The molecule has 0 saturated carbocycles.